The Bertz CT molecular complexity index is 254. The maximum atomic E-state index is 2.61. The maximum Gasteiger partial charge on any atom is -0.0321 e. The molecule has 16 heavy (non-hydrogen) atoms. The minimum atomic E-state index is 1.08. The zero-order chi connectivity index (χ0) is 10.7. The van der Waals surface area contributed by atoms with Gasteiger partial charge in [-0.25, -0.2) is 0 Å². The van der Waals surface area contributed by atoms with Gasteiger partial charge in [-0.05, 0) is 67.1 Å². The topological polar surface area (TPSA) is 0 Å². The quantitative estimate of drug-likeness (QED) is 0.562. The second-order valence-electron chi connectivity index (χ2n) is 7.30. The summed E-state index contributed by atoms with van der Waals surface area (Å²) in [4.78, 5) is 0. The lowest BCUT2D eigenvalue weighted by Crippen LogP contribution is -2.39. The number of rotatable bonds is 0. The van der Waals surface area contributed by atoms with Gasteiger partial charge in [-0.15, -0.1) is 0 Å². The zero-order valence-corrected chi connectivity index (χ0v) is 10.7. The van der Waals surface area contributed by atoms with E-state index in [1.807, 2.05) is 0 Å². The van der Waals surface area contributed by atoms with Gasteiger partial charge in [0.25, 0.3) is 0 Å². The third-order valence-corrected chi connectivity index (χ3v) is 7.01. The molecule has 6 atom stereocenters. The van der Waals surface area contributed by atoms with Gasteiger partial charge in [-0.3, -0.25) is 0 Å². The van der Waals surface area contributed by atoms with E-state index in [0.717, 1.165) is 29.6 Å². The summed E-state index contributed by atoms with van der Waals surface area (Å²) in [6, 6.07) is 0. The van der Waals surface area contributed by atoms with Crippen molar-refractivity contribution in [3.05, 3.63) is 0 Å². The zero-order valence-electron chi connectivity index (χ0n) is 10.7. The highest BCUT2D eigenvalue weighted by Crippen LogP contribution is 2.64. The third-order valence-electron chi connectivity index (χ3n) is 7.01. The molecule has 0 nitrogen and oxygen atoms in total. The Morgan fingerprint density at radius 3 is 1.62 bits per heavy atom. The molecule has 0 heterocycles. The summed E-state index contributed by atoms with van der Waals surface area (Å²) in [6.45, 7) is 2.61. The van der Waals surface area contributed by atoms with Gasteiger partial charge < -0.3 is 0 Å². The molecule has 4 rings (SSSR count). The van der Waals surface area contributed by atoms with E-state index in [4.69, 9.17) is 0 Å². The van der Waals surface area contributed by atoms with Crippen LogP contribution in [0.2, 0.25) is 0 Å². The van der Waals surface area contributed by atoms with Gasteiger partial charge in [0.2, 0.25) is 0 Å². The first-order valence-electron chi connectivity index (χ1n) is 7.86. The van der Waals surface area contributed by atoms with E-state index in [1.165, 1.54) is 11.8 Å². The Balaban J connectivity index is 1.73. The lowest BCUT2D eigenvalue weighted by Gasteiger charge is -2.47. The summed E-state index contributed by atoms with van der Waals surface area (Å²) in [5.41, 5.74) is 0. The third kappa shape index (κ3) is 1.17. The fourth-order valence-corrected chi connectivity index (χ4v) is 6.55. The van der Waals surface area contributed by atoms with E-state index in [2.05, 4.69) is 6.92 Å². The van der Waals surface area contributed by atoms with E-state index in [-0.39, 0.29) is 0 Å². The Labute approximate surface area is 100 Å². The van der Waals surface area contributed by atoms with Gasteiger partial charge in [0.1, 0.15) is 0 Å². The Morgan fingerprint density at radius 2 is 1.12 bits per heavy atom. The first-order chi connectivity index (χ1) is 7.86. The van der Waals surface area contributed by atoms with Crippen LogP contribution in [0.4, 0.5) is 0 Å². The molecule has 0 bridgehead atoms. The molecule has 4 saturated carbocycles. The lowest BCUT2D eigenvalue weighted by atomic mass is 9.58. The fraction of sp³-hybridized carbons (Fsp3) is 1.00. The lowest BCUT2D eigenvalue weighted by molar-refractivity contribution is 0.0202. The van der Waals surface area contributed by atoms with Gasteiger partial charge in [-0.1, -0.05) is 32.6 Å². The van der Waals surface area contributed by atoms with E-state index >= 15 is 0 Å². The molecule has 0 saturated heterocycles. The van der Waals surface area contributed by atoms with Crippen molar-refractivity contribution in [1.29, 1.82) is 0 Å². The van der Waals surface area contributed by atoms with Crippen molar-refractivity contribution in [2.24, 2.45) is 41.4 Å². The van der Waals surface area contributed by atoms with Crippen LogP contribution in [0.15, 0.2) is 0 Å². The highest BCUT2D eigenvalue weighted by atomic mass is 14.6. The van der Waals surface area contributed by atoms with Gasteiger partial charge in [-0.2, -0.15) is 0 Å². The predicted octanol–water partition coefficient (Wildman–Crippen LogP) is 4.49. The van der Waals surface area contributed by atoms with Crippen molar-refractivity contribution in [3.63, 3.8) is 0 Å². The molecule has 4 fully saturated rings. The highest BCUT2D eigenvalue weighted by Gasteiger charge is 2.56. The molecule has 4 aliphatic rings. The van der Waals surface area contributed by atoms with Crippen molar-refractivity contribution in [3.8, 4) is 0 Å². The van der Waals surface area contributed by atoms with Crippen LogP contribution in [-0.2, 0) is 0 Å². The van der Waals surface area contributed by atoms with Crippen LogP contribution in [0.25, 0.3) is 0 Å². The monoisotopic (exact) mass is 218 g/mol. The smallest absolute Gasteiger partial charge is 0.0321 e. The molecule has 0 amide bonds. The van der Waals surface area contributed by atoms with E-state index in [0.29, 0.717) is 0 Å². The van der Waals surface area contributed by atoms with E-state index in [1.54, 1.807) is 51.4 Å². The van der Waals surface area contributed by atoms with Crippen molar-refractivity contribution < 1.29 is 0 Å². The van der Waals surface area contributed by atoms with Gasteiger partial charge in [0, 0.05) is 0 Å². The van der Waals surface area contributed by atoms with E-state index < -0.39 is 0 Å². The second kappa shape index (κ2) is 3.50. The van der Waals surface area contributed by atoms with Crippen LogP contribution in [0.1, 0.15) is 58.3 Å². The molecule has 0 heteroatoms. The maximum absolute atomic E-state index is 2.61. The van der Waals surface area contributed by atoms with Crippen LogP contribution in [0, 0.1) is 41.4 Å². The van der Waals surface area contributed by atoms with Crippen LogP contribution >= 0.6 is 0 Å². The summed E-state index contributed by atoms with van der Waals surface area (Å²) in [5.74, 6) is 8.07. The Morgan fingerprint density at radius 1 is 0.625 bits per heavy atom. The average Bonchev–Trinajstić information content (AvgIpc) is 2.64. The first-order valence-corrected chi connectivity index (χ1v) is 7.86. The molecule has 0 aromatic carbocycles. The predicted molar refractivity (Wildman–Crippen MR) is 67.0 cm³/mol. The highest BCUT2D eigenvalue weighted by molar-refractivity contribution is 5.05. The number of hydrogen-bond donors (Lipinski definition) is 0. The normalized spacial score (nSPS) is 59.4. The standard InChI is InChI=1S/C16H26/c1-10-13-6-2-4-11-8-9-12-5-3-7-14(10)16(12)15(11)13/h10-16H,2-9H2,1H3. The van der Waals surface area contributed by atoms with Crippen LogP contribution in [-0.4, -0.2) is 0 Å². The van der Waals surface area contributed by atoms with Gasteiger partial charge >= 0.3 is 0 Å². The van der Waals surface area contributed by atoms with Crippen molar-refractivity contribution in [2.75, 3.05) is 0 Å². The van der Waals surface area contributed by atoms with Gasteiger partial charge in [0.05, 0.1) is 0 Å². The SMILES string of the molecule is CC1C2CCCC3CCC4CCCC1C4C32. The minimum Gasteiger partial charge on any atom is -0.0620 e. The van der Waals surface area contributed by atoms with E-state index in [9.17, 15) is 0 Å². The number of hydrogen-bond acceptors (Lipinski definition) is 0. The molecule has 0 aliphatic heterocycles. The molecular weight excluding hydrogens is 192 g/mol. The average molecular weight is 218 g/mol. The van der Waals surface area contributed by atoms with Crippen molar-refractivity contribution in [1.82, 2.24) is 0 Å². The summed E-state index contributed by atoms with van der Waals surface area (Å²) in [5, 5.41) is 0. The molecule has 90 valence electrons. The molecule has 0 aromatic rings. The minimum absolute atomic E-state index is 1.08. The summed E-state index contributed by atoms with van der Waals surface area (Å²) in [7, 11) is 0. The molecule has 0 spiro atoms. The molecule has 0 N–H and O–H groups in total. The van der Waals surface area contributed by atoms with Crippen LogP contribution in [0.5, 0.6) is 0 Å². The largest absolute Gasteiger partial charge is 0.0620 e. The molecule has 0 radical (unpaired) electrons. The Kier molecular flexibility index (Phi) is 2.18. The van der Waals surface area contributed by atoms with Crippen molar-refractivity contribution >= 4 is 0 Å². The molecule has 6 unspecified atom stereocenters. The summed E-state index contributed by atoms with van der Waals surface area (Å²) < 4.78 is 0. The van der Waals surface area contributed by atoms with Crippen LogP contribution in [0.3, 0.4) is 0 Å². The second-order valence-corrected chi connectivity index (χ2v) is 7.30. The summed E-state index contributed by atoms with van der Waals surface area (Å²) in [6.07, 6.45) is 12.7. The Hall–Kier alpha value is 0. The van der Waals surface area contributed by atoms with Crippen LogP contribution < -0.4 is 0 Å². The summed E-state index contributed by atoms with van der Waals surface area (Å²) >= 11 is 0. The molecule has 4 aliphatic carbocycles. The molecule has 0 aromatic heterocycles. The first kappa shape index (κ1) is 9.97. The fourth-order valence-electron chi connectivity index (χ4n) is 6.55. The molecular formula is C16H26. The van der Waals surface area contributed by atoms with Gasteiger partial charge in [0.15, 0.2) is 0 Å². The van der Waals surface area contributed by atoms with Crippen molar-refractivity contribution in [2.45, 2.75) is 58.3 Å².